The van der Waals surface area contributed by atoms with Gasteiger partial charge in [-0.25, -0.2) is 18.3 Å². The van der Waals surface area contributed by atoms with Crippen LogP contribution in [0, 0.1) is 0 Å². The van der Waals surface area contributed by atoms with Gasteiger partial charge in [0.25, 0.3) is 0 Å². The van der Waals surface area contributed by atoms with Gasteiger partial charge < -0.3 is 20.7 Å². The molecule has 0 saturated heterocycles. The summed E-state index contributed by atoms with van der Waals surface area (Å²) in [7, 11) is -2.55. The molecule has 1 atom stereocenters. The van der Waals surface area contributed by atoms with Crippen LogP contribution in [0.4, 0.5) is 10.5 Å². The van der Waals surface area contributed by atoms with E-state index in [4.69, 9.17) is 10.5 Å². The molecule has 230 valence electrons. The first-order chi connectivity index (χ1) is 21.2. The van der Waals surface area contributed by atoms with E-state index in [9.17, 15) is 23.2 Å². The number of nitrogens with one attached hydrogen (secondary N) is 1. The van der Waals surface area contributed by atoms with Gasteiger partial charge in [-0.1, -0.05) is 72.8 Å². The van der Waals surface area contributed by atoms with Crippen LogP contribution in [-0.2, 0) is 34.1 Å². The number of hydrogen-bond acceptors (Lipinski definition) is 7. The Kier molecular flexibility index (Phi) is 11.1. The van der Waals surface area contributed by atoms with Crippen molar-refractivity contribution in [1.29, 1.82) is 0 Å². The molecule has 0 aliphatic rings. The highest BCUT2D eigenvalue weighted by Crippen LogP contribution is 2.20. The normalized spacial score (nSPS) is 11.8. The first-order valence-corrected chi connectivity index (χ1v) is 15.6. The predicted molar refractivity (Wildman–Crippen MR) is 168 cm³/mol. The van der Waals surface area contributed by atoms with Gasteiger partial charge in [0.1, 0.15) is 11.1 Å². The molecule has 11 heteroatoms. The molecule has 0 fully saturated rings. The van der Waals surface area contributed by atoms with Crippen LogP contribution in [0.15, 0.2) is 114 Å². The summed E-state index contributed by atoms with van der Waals surface area (Å²) in [4.78, 5) is 27.3. The van der Waals surface area contributed by atoms with Crippen LogP contribution in [0.5, 0.6) is 5.75 Å². The number of ether oxygens (including phenoxy) is 1. The minimum atomic E-state index is -4.10. The van der Waals surface area contributed by atoms with E-state index in [0.29, 0.717) is 36.0 Å². The summed E-state index contributed by atoms with van der Waals surface area (Å²) < 4.78 is 31.3. The fourth-order valence-electron chi connectivity index (χ4n) is 4.45. The molecular formula is C33H36N4O6S. The topological polar surface area (TPSA) is 142 Å². The number of carbonyl (C=O) groups excluding carboxylic acids is 2. The van der Waals surface area contributed by atoms with E-state index in [-0.39, 0.29) is 17.5 Å². The maximum absolute atomic E-state index is 13.3. The summed E-state index contributed by atoms with van der Waals surface area (Å²) in [5, 5.41) is 11.9. The lowest BCUT2D eigenvalue weighted by Gasteiger charge is -2.23. The fourth-order valence-corrected chi connectivity index (χ4v) is 5.68. The van der Waals surface area contributed by atoms with E-state index in [0.717, 1.165) is 16.7 Å². The second-order valence-electron chi connectivity index (χ2n) is 10.2. The molecule has 4 N–H and O–H groups in total. The van der Waals surface area contributed by atoms with Gasteiger partial charge in [-0.2, -0.15) is 0 Å². The lowest BCUT2D eigenvalue weighted by Crippen LogP contribution is -2.39. The fraction of sp³-hybridized carbons (Fsp3) is 0.212. The zero-order valence-corrected chi connectivity index (χ0v) is 25.2. The zero-order chi connectivity index (χ0) is 31.5. The lowest BCUT2D eigenvalue weighted by atomic mass is 10.1. The van der Waals surface area contributed by atoms with Crippen molar-refractivity contribution in [1.82, 2.24) is 9.96 Å². The van der Waals surface area contributed by atoms with Crippen LogP contribution in [-0.4, -0.2) is 54.6 Å². The van der Waals surface area contributed by atoms with Crippen molar-refractivity contribution in [2.24, 2.45) is 5.73 Å². The summed E-state index contributed by atoms with van der Waals surface area (Å²) in [5.74, 6) is -0.124. The van der Waals surface area contributed by atoms with Gasteiger partial charge in [-0.3, -0.25) is 10.0 Å². The van der Waals surface area contributed by atoms with Gasteiger partial charge in [0, 0.05) is 18.8 Å². The molecule has 10 nitrogen and oxygen atoms in total. The molecule has 0 aromatic heterocycles. The largest absolute Gasteiger partial charge is 0.497 e. The Bertz CT molecular complexity index is 1580. The van der Waals surface area contributed by atoms with Crippen molar-refractivity contribution < 1.29 is 28.0 Å². The zero-order valence-electron chi connectivity index (χ0n) is 24.4. The van der Waals surface area contributed by atoms with Crippen LogP contribution in [0.3, 0.4) is 0 Å². The molecule has 0 aliphatic carbocycles. The highest BCUT2D eigenvalue weighted by molar-refractivity contribution is 7.92. The van der Waals surface area contributed by atoms with Gasteiger partial charge >= 0.3 is 6.03 Å². The first-order valence-electron chi connectivity index (χ1n) is 14.0. The number of rotatable bonds is 13. The smallest absolute Gasteiger partial charge is 0.322 e. The van der Waals surface area contributed by atoms with Crippen molar-refractivity contribution in [2.75, 3.05) is 19.0 Å². The van der Waals surface area contributed by atoms with Gasteiger partial charge in [0.05, 0.1) is 25.0 Å². The summed E-state index contributed by atoms with van der Waals surface area (Å²) in [6.07, 6.45) is -0.247. The maximum atomic E-state index is 13.3. The first kappa shape index (κ1) is 32.2. The van der Waals surface area contributed by atoms with Crippen molar-refractivity contribution in [3.63, 3.8) is 0 Å². The number of benzene rings is 4. The van der Waals surface area contributed by atoms with E-state index in [1.807, 2.05) is 72.8 Å². The summed E-state index contributed by atoms with van der Waals surface area (Å²) in [5.41, 5.74) is 9.12. The summed E-state index contributed by atoms with van der Waals surface area (Å²) in [6, 6.07) is 31.6. The van der Waals surface area contributed by atoms with Crippen LogP contribution < -0.4 is 15.8 Å². The SMILES string of the molecule is COc1ccc(CCN(O)C(=O)CC(N)S(=O)(=O)c2ccc(NC(=O)N(Cc3ccccc3)Cc3ccccc3)cc2)cc1. The van der Waals surface area contributed by atoms with E-state index < -0.39 is 27.5 Å². The molecule has 0 aliphatic heterocycles. The molecule has 0 spiro atoms. The monoisotopic (exact) mass is 616 g/mol. The molecule has 1 unspecified atom stereocenters. The number of methoxy groups -OCH3 is 1. The quantitative estimate of drug-likeness (QED) is 0.144. The highest BCUT2D eigenvalue weighted by Gasteiger charge is 2.28. The number of nitrogens with two attached hydrogens (primary N) is 1. The molecule has 4 aromatic carbocycles. The molecule has 4 aromatic rings. The second-order valence-corrected chi connectivity index (χ2v) is 12.4. The molecule has 0 radical (unpaired) electrons. The third kappa shape index (κ3) is 8.90. The number of nitrogens with zero attached hydrogens (tertiary/aromatic N) is 2. The van der Waals surface area contributed by atoms with Gasteiger partial charge in [-0.15, -0.1) is 0 Å². The number of sulfone groups is 1. The number of hydrogen-bond donors (Lipinski definition) is 3. The Labute approximate surface area is 257 Å². The number of hydroxylamine groups is 2. The van der Waals surface area contributed by atoms with E-state index in [1.165, 1.54) is 24.3 Å². The number of urea groups is 1. The minimum absolute atomic E-state index is 0.0299. The molecule has 0 heterocycles. The van der Waals surface area contributed by atoms with Crippen molar-refractivity contribution in [3.05, 3.63) is 126 Å². The van der Waals surface area contributed by atoms with Crippen LogP contribution in [0.2, 0.25) is 0 Å². The van der Waals surface area contributed by atoms with Gasteiger partial charge in [0.15, 0.2) is 9.84 Å². The average molecular weight is 617 g/mol. The van der Waals surface area contributed by atoms with Crippen LogP contribution >= 0.6 is 0 Å². The summed E-state index contributed by atoms with van der Waals surface area (Å²) >= 11 is 0. The average Bonchev–Trinajstić information content (AvgIpc) is 3.04. The standard InChI is InChI=1S/C33H36N4O6S/c1-43-29-16-12-25(13-17-29)20-21-37(40)32(38)22-31(34)44(41,42)30-18-14-28(15-19-30)35-33(39)36(23-26-8-4-2-5-9-26)24-27-10-6-3-7-11-27/h2-19,31,40H,20-24,34H2,1H3,(H,35,39). The predicted octanol–water partition coefficient (Wildman–Crippen LogP) is 4.84. The molecule has 4 rings (SSSR count). The molecule has 3 amide bonds. The molecule has 0 bridgehead atoms. The van der Waals surface area contributed by atoms with Crippen molar-refractivity contribution in [2.45, 2.75) is 36.2 Å². The number of anilines is 1. The van der Waals surface area contributed by atoms with Crippen molar-refractivity contribution >= 4 is 27.5 Å². The lowest BCUT2D eigenvalue weighted by molar-refractivity contribution is -0.165. The van der Waals surface area contributed by atoms with E-state index in [2.05, 4.69) is 5.32 Å². The number of carbonyl (C=O) groups is 2. The molecular weight excluding hydrogens is 580 g/mol. The second kappa shape index (κ2) is 15.1. The van der Waals surface area contributed by atoms with E-state index in [1.54, 1.807) is 24.1 Å². The van der Waals surface area contributed by atoms with Crippen LogP contribution in [0.25, 0.3) is 0 Å². The molecule has 0 saturated carbocycles. The highest BCUT2D eigenvalue weighted by atomic mass is 32.2. The van der Waals surface area contributed by atoms with Crippen molar-refractivity contribution in [3.8, 4) is 5.75 Å². The third-order valence-corrected chi connectivity index (χ3v) is 8.88. The Balaban J connectivity index is 1.35. The Morgan fingerprint density at radius 1 is 0.818 bits per heavy atom. The van der Waals surface area contributed by atoms with Gasteiger partial charge in [-0.05, 0) is 59.5 Å². The number of amides is 3. The minimum Gasteiger partial charge on any atom is -0.497 e. The molecule has 44 heavy (non-hydrogen) atoms. The summed E-state index contributed by atoms with van der Waals surface area (Å²) in [6.45, 7) is 0.718. The Morgan fingerprint density at radius 3 is 1.89 bits per heavy atom. The van der Waals surface area contributed by atoms with Gasteiger partial charge in [0.2, 0.25) is 5.91 Å². The van der Waals surface area contributed by atoms with Crippen LogP contribution in [0.1, 0.15) is 23.1 Å². The maximum Gasteiger partial charge on any atom is 0.322 e. The third-order valence-electron chi connectivity index (χ3n) is 6.99. The van der Waals surface area contributed by atoms with E-state index >= 15 is 0 Å². The Morgan fingerprint density at radius 2 is 1.36 bits per heavy atom. The Hall–Kier alpha value is -4.71.